The van der Waals surface area contributed by atoms with E-state index in [-0.39, 0.29) is 0 Å². The van der Waals surface area contributed by atoms with Crippen LogP contribution in [-0.2, 0) is 0 Å². The highest BCUT2D eigenvalue weighted by atomic mass is 32.1. The summed E-state index contributed by atoms with van der Waals surface area (Å²) in [5, 5.41) is 13.0. The van der Waals surface area contributed by atoms with E-state index < -0.39 is 0 Å². The van der Waals surface area contributed by atoms with Crippen LogP contribution in [0, 0.1) is 11.3 Å². The Morgan fingerprint density at radius 1 is 1.62 bits per heavy atom. The maximum absolute atomic E-state index is 8.81. The number of nitrogens with zero attached hydrogens (tertiary/aromatic N) is 1. The van der Waals surface area contributed by atoms with Gasteiger partial charge in [0.2, 0.25) is 0 Å². The van der Waals surface area contributed by atoms with Crippen molar-refractivity contribution in [3.8, 4) is 6.07 Å². The van der Waals surface area contributed by atoms with Crippen LogP contribution in [0.5, 0.6) is 0 Å². The second kappa shape index (κ2) is 2.93. The van der Waals surface area contributed by atoms with E-state index in [9.17, 15) is 0 Å². The maximum atomic E-state index is 8.81. The van der Waals surface area contributed by atoms with Crippen LogP contribution in [0.3, 0.4) is 0 Å². The van der Waals surface area contributed by atoms with Crippen LogP contribution in [0.2, 0.25) is 0 Å². The third kappa shape index (κ3) is 1.25. The number of rotatable bonds is 2. The van der Waals surface area contributed by atoms with Gasteiger partial charge in [0.05, 0.1) is 10.7 Å². The van der Waals surface area contributed by atoms with Crippen molar-refractivity contribution in [3.05, 3.63) is 10.4 Å². The Hall–Kier alpha value is -1.21. The van der Waals surface area contributed by atoms with Crippen molar-refractivity contribution in [3.63, 3.8) is 0 Å². The molecule has 1 aromatic heterocycles. The van der Waals surface area contributed by atoms with Crippen molar-refractivity contribution in [1.82, 2.24) is 0 Å². The van der Waals surface area contributed by atoms with E-state index in [0.29, 0.717) is 16.5 Å². The molecule has 0 amide bonds. The van der Waals surface area contributed by atoms with Crippen LogP contribution in [0.15, 0.2) is 0 Å². The van der Waals surface area contributed by atoms with Gasteiger partial charge in [-0.25, -0.2) is 0 Å². The first kappa shape index (κ1) is 8.39. The minimum atomic E-state index is 0.598. The maximum Gasteiger partial charge on any atom is 0.130 e. The zero-order valence-corrected chi connectivity index (χ0v) is 8.24. The normalized spacial score (nSPS) is 15.4. The van der Waals surface area contributed by atoms with Gasteiger partial charge >= 0.3 is 0 Å². The lowest BCUT2D eigenvalue weighted by molar-refractivity contribution is 1.15. The fourth-order valence-corrected chi connectivity index (χ4v) is 2.46. The Morgan fingerprint density at radius 3 is 2.77 bits per heavy atom. The standard InChI is InChI=1S/C9H11N3S/c1-12-9-7(5-2-3-5)8(11)6(4-10)13-9/h5,12H,2-3,11H2,1H3. The highest BCUT2D eigenvalue weighted by molar-refractivity contribution is 7.17. The Labute approximate surface area is 81.2 Å². The molecule has 0 atom stereocenters. The Bertz CT molecular complexity index is 371. The quantitative estimate of drug-likeness (QED) is 0.756. The van der Waals surface area contributed by atoms with Crippen LogP contribution >= 0.6 is 11.3 Å². The van der Waals surface area contributed by atoms with Crippen LogP contribution in [0.1, 0.15) is 29.2 Å². The summed E-state index contributed by atoms with van der Waals surface area (Å²) < 4.78 is 0. The summed E-state index contributed by atoms with van der Waals surface area (Å²) in [5.74, 6) is 0.598. The number of anilines is 2. The largest absolute Gasteiger partial charge is 0.397 e. The molecule has 4 heteroatoms. The number of nitrogens with two attached hydrogens (primary N) is 1. The molecule has 0 aromatic carbocycles. The molecule has 2 rings (SSSR count). The number of nitrogens with one attached hydrogen (secondary N) is 1. The van der Waals surface area contributed by atoms with Gasteiger partial charge in [-0.3, -0.25) is 0 Å². The molecule has 1 aliphatic carbocycles. The van der Waals surface area contributed by atoms with Gasteiger partial charge < -0.3 is 11.1 Å². The second-order valence-electron chi connectivity index (χ2n) is 3.22. The number of nitrogen functional groups attached to an aromatic ring is 1. The van der Waals surface area contributed by atoms with E-state index in [0.717, 1.165) is 5.00 Å². The minimum absolute atomic E-state index is 0.598. The molecule has 1 fully saturated rings. The van der Waals surface area contributed by atoms with Gasteiger partial charge in [0.1, 0.15) is 10.9 Å². The van der Waals surface area contributed by atoms with Gasteiger partial charge in [0.15, 0.2) is 0 Å². The molecule has 3 nitrogen and oxygen atoms in total. The molecule has 0 radical (unpaired) electrons. The number of thiophene rings is 1. The fraction of sp³-hybridized carbons (Fsp3) is 0.444. The summed E-state index contributed by atoms with van der Waals surface area (Å²) in [4.78, 5) is 0.645. The van der Waals surface area contributed by atoms with Crippen molar-refractivity contribution in [1.29, 1.82) is 5.26 Å². The molecule has 1 heterocycles. The summed E-state index contributed by atoms with van der Waals surface area (Å²) in [6, 6.07) is 2.13. The average molecular weight is 193 g/mol. The van der Waals surface area contributed by atoms with E-state index in [1.165, 1.54) is 29.7 Å². The summed E-state index contributed by atoms with van der Waals surface area (Å²) in [6.07, 6.45) is 2.42. The van der Waals surface area contributed by atoms with E-state index in [2.05, 4.69) is 11.4 Å². The lowest BCUT2D eigenvalue weighted by atomic mass is 10.1. The van der Waals surface area contributed by atoms with Crippen molar-refractivity contribution in [2.75, 3.05) is 18.1 Å². The highest BCUT2D eigenvalue weighted by Crippen LogP contribution is 2.50. The van der Waals surface area contributed by atoms with E-state index in [1.54, 1.807) is 0 Å². The molecule has 0 bridgehead atoms. The van der Waals surface area contributed by atoms with Gasteiger partial charge in [-0.15, -0.1) is 11.3 Å². The molecule has 0 saturated heterocycles. The predicted octanol–water partition coefficient (Wildman–Crippen LogP) is 2.12. The average Bonchev–Trinajstić information content (AvgIpc) is 2.91. The van der Waals surface area contributed by atoms with Gasteiger partial charge in [0.25, 0.3) is 0 Å². The Balaban J connectivity index is 2.51. The molecule has 1 aromatic rings. The third-order valence-corrected chi connectivity index (χ3v) is 3.44. The summed E-state index contributed by atoms with van der Waals surface area (Å²) in [6.45, 7) is 0. The summed E-state index contributed by atoms with van der Waals surface area (Å²) in [7, 11) is 1.87. The summed E-state index contributed by atoms with van der Waals surface area (Å²) >= 11 is 1.46. The molecule has 0 spiro atoms. The monoisotopic (exact) mass is 193 g/mol. The van der Waals surface area contributed by atoms with Crippen LogP contribution < -0.4 is 11.1 Å². The third-order valence-electron chi connectivity index (χ3n) is 2.30. The van der Waals surface area contributed by atoms with E-state index >= 15 is 0 Å². The van der Waals surface area contributed by atoms with Crippen LogP contribution in [0.25, 0.3) is 0 Å². The molecule has 1 aliphatic rings. The first-order valence-electron chi connectivity index (χ1n) is 4.28. The van der Waals surface area contributed by atoms with Gasteiger partial charge in [-0.05, 0) is 18.8 Å². The zero-order valence-electron chi connectivity index (χ0n) is 7.42. The second-order valence-corrected chi connectivity index (χ2v) is 4.24. The van der Waals surface area contributed by atoms with E-state index in [1.807, 2.05) is 7.05 Å². The van der Waals surface area contributed by atoms with Gasteiger partial charge in [-0.2, -0.15) is 5.26 Å². The van der Waals surface area contributed by atoms with E-state index in [4.69, 9.17) is 11.0 Å². The Kier molecular flexibility index (Phi) is 1.89. The number of hydrogen-bond acceptors (Lipinski definition) is 4. The lowest BCUT2D eigenvalue weighted by Crippen LogP contribution is -1.93. The highest BCUT2D eigenvalue weighted by Gasteiger charge is 2.31. The fourth-order valence-electron chi connectivity index (χ4n) is 1.50. The molecular formula is C9H11N3S. The van der Waals surface area contributed by atoms with Crippen molar-refractivity contribution in [2.45, 2.75) is 18.8 Å². The Morgan fingerprint density at radius 2 is 2.31 bits per heavy atom. The first-order valence-corrected chi connectivity index (χ1v) is 5.09. The van der Waals surface area contributed by atoms with Crippen LogP contribution in [-0.4, -0.2) is 7.05 Å². The first-order chi connectivity index (χ1) is 6.27. The van der Waals surface area contributed by atoms with Crippen LogP contribution in [0.4, 0.5) is 10.7 Å². The van der Waals surface area contributed by atoms with Crippen molar-refractivity contribution >= 4 is 22.0 Å². The molecule has 3 N–H and O–H groups in total. The number of hydrogen-bond donors (Lipinski definition) is 2. The molecule has 0 aliphatic heterocycles. The molecule has 0 unspecified atom stereocenters. The minimum Gasteiger partial charge on any atom is -0.397 e. The summed E-state index contributed by atoms with van der Waals surface area (Å²) in [5.41, 5.74) is 7.74. The molecular weight excluding hydrogens is 182 g/mol. The SMILES string of the molecule is CNc1sc(C#N)c(N)c1C1CC1. The smallest absolute Gasteiger partial charge is 0.130 e. The molecule has 1 saturated carbocycles. The topological polar surface area (TPSA) is 61.8 Å². The molecule has 68 valence electrons. The van der Waals surface area contributed by atoms with Crippen molar-refractivity contribution in [2.24, 2.45) is 0 Å². The van der Waals surface area contributed by atoms with Crippen molar-refractivity contribution < 1.29 is 0 Å². The molecule has 13 heavy (non-hydrogen) atoms. The van der Waals surface area contributed by atoms with Gasteiger partial charge in [-0.1, -0.05) is 0 Å². The van der Waals surface area contributed by atoms with Gasteiger partial charge in [0, 0.05) is 12.6 Å². The zero-order chi connectivity index (χ0) is 9.42. The lowest BCUT2D eigenvalue weighted by Gasteiger charge is -2.00. The number of nitriles is 1. The predicted molar refractivity (Wildman–Crippen MR) is 55.0 cm³/mol.